The molecule has 0 radical (unpaired) electrons. The van der Waals surface area contributed by atoms with Crippen LogP contribution in [0.25, 0.3) is 10.6 Å². The fraction of sp³-hybridized carbons (Fsp3) is 0.435. The van der Waals surface area contributed by atoms with Gasteiger partial charge in [0.15, 0.2) is 11.5 Å². The quantitative estimate of drug-likeness (QED) is 0.266. The van der Waals surface area contributed by atoms with Gasteiger partial charge in [0.1, 0.15) is 34.8 Å². The first kappa shape index (κ1) is 25.6. The Labute approximate surface area is 202 Å². The molecule has 0 aliphatic heterocycles. The Morgan fingerprint density at radius 1 is 1.00 bits per heavy atom. The Bertz CT molecular complexity index is 1120. The van der Waals surface area contributed by atoms with Crippen molar-refractivity contribution in [1.82, 2.24) is 15.0 Å². The van der Waals surface area contributed by atoms with E-state index in [2.05, 4.69) is 15.0 Å². The number of thiazole rings is 1. The van der Waals surface area contributed by atoms with Crippen LogP contribution in [0.2, 0.25) is 0 Å². The van der Waals surface area contributed by atoms with Gasteiger partial charge in [0.05, 0.1) is 19.1 Å². The molecular weight excluding hydrogens is 458 g/mol. The smallest absolute Gasteiger partial charge is 0.215 e. The number of methoxy groups -OCH3 is 1. The second-order valence-electron chi connectivity index (χ2n) is 8.63. The maximum Gasteiger partial charge on any atom is 0.215 e. The van der Waals surface area contributed by atoms with E-state index in [1.54, 1.807) is 26.0 Å². The predicted molar refractivity (Wildman–Crippen MR) is 131 cm³/mol. The second kappa shape index (κ2) is 10.1. The number of hydrogen-bond acceptors (Lipinski definition) is 11. The van der Waals surface area contributed by atoms with Crippen molar-refractivity contribution >= 4 is 23.0 Å². The number of ether oxygens (including phenoxy) is 2. The first-order valence-corrected chi connectivity index (χ1v) is 11.6. The summed E-state index contributed by atoms with van der Waals surface area (Å²) in [5.41, 5.74) is 11.3. The highest BCUT2D eigenvalue weighted by atomic mass is 32.1. The van der Waals surface area contributed by atoms with Gasteiger partial charge in [-0.25, -0.2) is 15.0 Å². The molecule has 0 aliphatic carbocycles. The van der Waals surface area contributed by atoms with Crippen LogP contribution in [0.5, 0.6) is 11.5 Å². The van der Waals surface area contributed by atoms with E-state index in [0.717, 1.165) is 11.3 Å². The minimum absolute atomic E-state index is 0.0662. The number of rotatable bonds is 10. The molecule has 1 aromatic carbocycles. The van der Waals surface area contributed by atoms with Gasteiger partial charge >= 0.3 is 0 Å². The lowest BCUT2D eigenvalue weighted by Gasteiger charge is -2.20. The van der Waals surface area contributed by atoms with Crippen LogP contribution in [0.4, 0.5) is 11.6 Å². The summed E-state index contributed by atoms with van der Waals surface area (Å²) in [5.74, 6) is -0.990. The van der Waals surface area contributed by atoms with E-state index < -0.39 is 11.4 Å². The summed E-state index contributed by atoms with van der Waals surface area (Å²) in [6.07, 6.45) is 1.06. The van der Waals surface area contributed by atoms with Gasteiger partial charge in [0, 0.05) is 16.5 Å². The van der Waals surface area contributed by atoms with Gasteiger partial charge in [0.2, 0.25) is 5.79 Å². The second-order valence-corrected chi connectivity index (χ2v) is 9.72. The van der Waals surface area contributed by atoms with Crippen LogP contribution in [0.1, 0.15) is 43.6 Å². The maximum atomic E-state index is 11.0. The summed E-state index contributed by atoms with van der Waals surface area (Å²) in [6, 6.07) is 6.70. The van der Waals surface area contributed by atoms with Gasteiger partial charge in [-0.2, -0.15) is 0 Å². The highest BCUT2D eigenvalue weighted by Gasteiger charge is 2.34. The van der Waals surface area contributed by atoms with Crippen molar-refractivity contribution in [2.75, 3.05) is 25.2 Å². The average Bonchev–Trinajstić information content (AvgIpc) is 3.15. The number of nitrogens with two attached hydrogens (primary N) is 2. The average molecular weight is 490 g/mol. The lowest BCUT2D eigenvalue weighted by molar-refractivity contribution is -0.172. The highest BCUT2D eigenvalue weighted by molar-refractivity contribution is 7.15. The topological polar surface area (TPSA) is 170 Å². The van der Waals surface area contributed by atoms with E-state index in [1.165, 1.54) is 24.5 Å². The first-order chi connectivity index (χ1) is 15.9. The van der Waals surface area contributed by atoms with Crippen molar-refractivity contribution in [3.63, 3.8) is 0 Å². The lowest BCUT2D eigenvalue weighted by Crippen LogP contribution is -2.30. The number of nitrogens with zero attached hydrogens (tertiary/aromatic N) is 3. The number of aliphatic hydroxyl groups is 3. The first-order valence-electron chi connectivity index (χ1n) is 10.8. The van der Waals surface area contributed by atoms with E-state index in [9.17, 15) is 15.3 Å². The molecule has 0 saturated carbocycles. The summed E-state index contributed by atoms with van der Waals surface area (Å²) in [7, 11) is 1.53. The summed E-state index contributed by atoms with van der Waals surface area (Å²) in [5, 5.41) is 32.5. The molecule has 0 atom stereocenters. The molecule has 11 heteroatoms. The highest BCUT2D eigenvalue weighted by Crippen LogP contribution is 2.38. The third kappa shape index (κ3) is 6.32. The normalized spacial score (nSPS) is 12.1. The molecule has 0 aliphatic rings. The molecule has 7 N–H and O–H groups in total. The number of hydrogen-bond donors (Lipinski definition) is 5. The van der Waals surface area contributed by atoms with E-state index in [-0.39, 0.29) is 36.2 Å². The molecular formula is C23H31N5O5S. The molecule has 3 aromatic rings. The van der Waals surface area contributed by atoms with Crippen LogP contribution in [0.15, 0.2) is 24.3 Å². The van der Waals surface area contributed by atoms with Crippen LogP contribution in [-0.2, 0) is 18.6 Å². The molecule has 0 spiro atoms. The van der Waals surface area contributed by atoms with Crippen LogP contribution in [0.3, 0.4) is 0 Å². The van der Waals surface area contributed by atoms with Crippen LogP contribution >= 0.6 is 11.3 Å². The third-order valence-electron chi connectivity index (χ3n) is 4.76. The summed E-state index contributed by atoms with van der Waals surface area (Å²) in [6.45, 7) is 5.36. The number of benzene rings is 1. The molecule has 2 heterocycles. The zero-order chi connectivity index (χ0) is 25.1. The van der Waals surface area contributed by atoms with Gasteiger partial charge in [-0.3, -0.25) is 0 Å². The Hall–Kier alpha value is -2.99. The molecule has 3 rings (SSSR count). The van der Waals surface area contributed by atoms with E-state index >= 15 is 0 Å². The summed E-state index contributed by atoms with van der Waals surface area (Å²) >= 11 is 1.36. The third-order valence-corrected chi connectivity index (χ3v) is 5.93. The van der Waals surface area contributed by atoms with Crippen molar-refractivity contribution in [2.24, 2.45) is 0 Å². The fourth-order valence-electron chi connectivity index (χ4n) is 3.28. The largest absolute Gasteiger partial charge is 0.493 e. The van der Waals surface area contributed by atoms with Crippen LogP contribution in [0, 0.1) is 0 Å². The van der Waals surface area contributed by atoms with Gasteiger partial charge < -0.3 is 36.3 Å². The predicted octanol–water partition coefficient (Wildman–Crippen LogP) is 2.26. The molecule has 10 nitrogen and oxygen atoms in total. The van der Waals surface area contributed by atoms with Crippen molar-refractivity contribution in [2.45, 2.75) is 51.4 Å². The number of aryl methyl sites for hydroxylation is 1. The molecule has 2 aromatic heterocycles. The molecule has 0 amide bonds. The minimum Gasteiger partial charge on any atom is -0.493 e. The number of anilines is 2. The van der Waals surface area contributed by atoms with Crippen molar-refractivity contribution in [3.05, 3.63) is 40.7 Å². The zero-order valence-electron chi connectivity index (χ0n) is 19.7. The van der Waals surface area contributed by atoms with Crippen molar-refractivity contribution < 1.29 is 24.8 Å². The molecule has 34 heavy (non-hydrogen) atoms. The number of nitrogen functional groups attached to an aromatic ring is 2. The Kier molecular flexibility index (Phi) is 7.61. The standard InChI is InChI=1S/C23H31N5O5S/c1-5-6-16-20(23(30,31)11-19-26-17(24)10-18(25)27-19)28-21(34-16)13-7-8-14(32-4)15(9-13)33-12-22(2,3)29/h7-10,29-31H,5-6,11-12H2,1-4H3,(H4,24,25,26,27). The molecule has 184 valence electrons. The SMILES string of the molecule is CCCc1sc(-c2ccc(OC)c(OCC(C)(C)O)c2)nc1C(O)(O)Cc1nc(N)cc(N)n1. The molecule has 0 unspecified atom stereocenters. The van der Waals surface area contributed by atoms with Gasteiger partial charge in [-0.15, -0.1) is 11.3 Å². The molecule has 0 saturated heterocycles. The zero-order valence-corrected chi connectivity index (χ0v) is 20.5. The Morgan fingerprint density at radius 3 is 2.26 bits per heavy atom. The lowest BCUT2D eigenvalue weighted by atomic mass is 10.1. The van der Waals surface area contributed by atoms with Gasteiger partial charge in [-0.05, 0) is 38.5 Å². The molecule has 0 bridgehead atoms. The van der Waals surface area contributed by atoms with E-state index in [0.29, 0.717) is 28.5 Å². The summed E-state index contributed by atoms with van der Waals surface area (Å²) in [4.78, 5) is 13.4. The van der Waals surface area contributed by atoms with Gasteiger partial charge in [-0.1, -0.05) is 13.3 Å². The van der Waals surface area contributed by atoms with Crippen molar-refractivity contribution in [3.8, 4) is 22.1 Å². The Balaban J connectivity index is 1.98. The van der Waals surface area contributed by atoms with E-state index in [1.807, 2.05) is 13.0 Å². The van der Waals surface area contributed by atoms with E-state index in [4.69, 9.17) is 20.9 Å². The van der Waals surface area contributed by atoms with Crippen molar-refractivity contribution in [1.29, 1.82) is 0 Å². The monoisotopic (exact) mass is 489 g/mol. The number of aromatic nitrogens is 3. The summed E-state index contributed by atoms with van der Waals surface area (Å²) < 4.78 is 11.1. The molecule has 0 fully saturated rings. The fourth-order valence-corrected chi connectivity index (χ4v) is 4.51. The van der Waals surface area contributed by atoms with Crippen LogP contribution < -0.4 is 20.9 Å². The maximum absolute atomic E-state index is 11.0. The van der Waals surface area contributed by atoms with Gasteiger partial charge in [0.25, 0.3) is 0 Å². The van der Waals surface area contributed by atoms with Crippen LogP contribution in [-0.4, -0.2) is 49.6 Å². The Morgan fingerprint density at radius 2 is 1.68 bits per heavy atom. The minimum atomic E-state index is -2.33.